The second kappa shape index (κ2) is 10.5. The summed E-state index contributed by atoms with van der Waals surface area (Å²) in [5.74, 6) is 2.26. The van der Waals surface area contributed by atoms with Crippen LogP contribution in [0.2, 0.25) is 0 Å². The molecule has 0 bridgehead atoms. The van der Waals surface area contributed by atoms with Gasteiger partial charge in [-0.05, 0) is 55.5 Å². The number of hydrogen-bond acceptors (Lipinski definition) is 8. The minimum atomic E-state index is -0.263. The minimum Gasteiger partial charge on any atom is -0.488 e. The summed E-state index contributed by atoms with van der Waals surface area (Å²) in [6.45, 7) is 4.19. The minimum absolute atomic E-state index is 0.263. The first-order valence-electron chi connectivity index (χ1n) is 11.8. The quantitative estimate of drug-likeness (QED) is 0.397. The lowest BCUT2D eigenvalue weighted by Gasteiger charge is -2.20. The van der Waals surface area contributed by atoms with Crippen molar-refractivity contribution in [1.82, 2.24) is 15.0 Å². The van der Waals surface area contributed by atoms with Crippen molar-refractivity contribution in [3.8, 4) is 5.75 Å². The fourth-order valence-electron chi connectivity index (χ4n) is 4.14. The average Bonchev–Trinajstić information content (AvgIpc) is 3.59. The zero-order valence-electron chi connectivity index (χ0n) is 19.0. The fourth-order valence-corrected chi connectivity index (χ4v) is 4.14. The Morgan fingerprint density at radius 1 is 0.853 bits per heavy atom. The van der Waals surface area contributed by atoms with Gasteiger partial charge in [0.1, 0.15) is 18.2 Å². The van der Waals surface area contributed by atoms with Gasteiger partial charge in [-0.1, -0.05) is 24.3 Å². The van der Waals surface area contributed by atoms with E-state index in [9.17, 15) is 4.39 Å². The van der Waals surface area contributed by atoms with E-state index in [-0.39, 0.29) is 5.82 Å². The van der Waals surface area contributed by atoms with Crippen LogP contribution in [-0.2, 0) is 6.61 Å². The van der Waals surface area contributed by atoms with Crippen LogP contribution < -0.4 is 20.0 Å². The van der Waals surface area contributed by atoms with Gasteiger partial charge in [-0.3, -0.25) is 0 Å². The number of hydrogen-bond donors (Lipinski definition) is 1. The van der Waals surface area contributed by atoms with Crippen molar-refractivity contribution in [3.63, 3.8) is 0 Å². The van der Waals surface area contributed by atoms with E-state index in [4.69, 9.17) is 9.72 Å². The van der Waals surface area contributed by atoms with Crippen LogP contribution in [0.5, 0.6) is 5.75 Å². The second-order valence-corrected chi connectivity index (χ2v) is 8.47. The van der Waals surface area contributed by atoms with Crippen LogP contribution in [0, 0.1) is 5.82 Å². The van der Waals surface area contributed by atoms with Crippen LogP contribution in [0.3, 0.4) is 0 Å². The Morgan fingerprint density at radius 2 is 1.47 bits per heavy atom. The molecule has 9 heteroatoms. The summed E-state index contributed by atoms with van der Waals surface area (Å²) in [4.78, 5) is 18.4. The second-order valence-electron chi connectivity index (χ2n) is 8.47. The normalized spacial score (nSPS) is 15.9. The number of benzene rings is 2. The van der Waals surface area contributed by atoms with E-state index in [1.54, 1.807) is 18.3 Å². The maximum atomic E-state index is 13.1. The third-order valence-electron chi connectivity index (χ3n) is 5.98. The Hall–Kier alpha value is -3.75. The summed E-state index contributed by atoms with van der Waals surface area (Å²) < 4.78 is 19.1. The van der Waals surface area contributed by atoms with Crippen LogP contribution in [0.25, 0.3) is 0 Å². The molecule has 2 aromatic carbocycles. The summed E-state index contributed by atoms with van der Waals surface area (Å²) in [6.07, 6.45) is 6.30. The van der Waals surface area contributed by atoms with Crippen molar-refractivity contribution < 1.29 is 9.13 Å². The van der Waals surface area contributed by atoms with Gasteiger partial charge >= 0.3 is 0 Å². The smallest absolute Gasteiger partial charge is 0.250 e. The number of nitrogens with one attached hydrogen (secondary N) is 1. The van der Waals surface area contributed by atoms with Crippen molar-refractivity contribution >= 4 is 24.1 Å². The SMILES string of the molecule is Fc1ccc(COc2ccccc2/C=N\Nc2nc(N3CCCC3)nc(N3CCCC3)n2)cc1. The van der Waals surface area contributed by atoms with Gasteiger partial charge in [-0.25, -0.2) is 9.82 Å². The van der Waals surface area contributed by atoms with Crippen molar-refractivity contribution in [2.24, 2.45) is 5.10 Å². The lowest BCUT2D eigenvalue weighted by Crippen LogP contribution is -2.25. The van der Waals surface area contributed by atoms with E-state index >= 15 is 0 Å². The molecule has 8 nitrogen and oxygen atoms in total. The predicted octanol–water partition coefficient (Wildman–Crippen LogP) is 4.24. The van der Waals surface area contributed by atoms with Crippen molar-refractivity contribution in [2.45, 2.75) is 32.3 Å². The number of anilines is 3. The van der Waals surface area contributed by atoms with Crippen molar-refractivity contribution in [1.29, 1.82) is 0 Å². The maximum Gasteiger partial charge on any atom is 0.250 e. The third kappa shape index (κ3) is 5.41. The lowest BCUT2D eigenvalue weighted by atomic mass is 10.2. The molecular formula is C25H28FN7O. The zero-order chi connectivity index (χ0) is 23.2. The molecule has 0 radical (unpaired) electrons. The van der Waals surface area contributed by atoms with Crippen LogP contribution in [0.1, 0.15) is 36.8 Å². The van der Waals surface area contributed by atoms with Gasteiger partial charge < -0.3 is 14.5 Å². The number of para-hydroxylation sites is 1. The fraction of sp³-hybridized carbons (Fsp3) is 0.360. The molecule has 34 heavy (non-hydrogen) atoms. The van der Waals surface area contributed by atoms with Crippen molar-refractivity contribution in [3.05, 3.63) is 65.5 Å². The van der Waals surface area contributed by atoms with E-state index in [1.807, 2.05) is 24.3 Å². The molecule has 0 atom stereocenters. The first-order valence-corrected chi connectivity index (χ1v) is 11.8. The maximum absolute atomic E-state index is 13.1. The summed E-state index contributed by atoms with van der Waals surface area (Å²) in [6, 6.07) is 13.9. The highest BCUT2D eigenvalue weighted by Crippen LogP contribution is 2.23. The first kappa shape index (κ1) is 22.1. The molecular weight excluding hydrogens is 433 g/mol. The molecule has 2 aliphatic heterocycles. The molecule has 0 saturated carbocycles. The highest BCUT2D eigenvalue weighted by Gasteiger charge is 2.21. The Kier molecular flexibility index (Phi) is 6.78. The standard InChI is InChI=1S/C25H28FN7O/c26-21-11-9-19(10-12-21)18-34-22-8-2-1-7-20(22)17-27-31-23-28-24(32-13-3-4-14-32)30-25(29-23)33-15-5-6-16-33/h1-2,7-12,17H,3-6,13-16,18H2,(H,28,29,30,31)/b27-17-. The average molecular weight is 462 g/mol. The monoisotopic (exact) mass is 461 g/mol. The van der Waals surface area contributed by atoms with Crippen molar-refractivity contribution in [2.75, 3.05) is 41.4 Å². The van der Waals surface area contributed by atoms with Gasteiger partial charge in [0, 0.05) is 31.7 Å². The number of ether oxygens (including phenoxy) is 1. The van der Waals surface area contributed by atoms with E-state index in [1.165, 1.54) is 12.1 Å². The van der Waals surface area contributed by atoms with Gasteiger partial charge in [0.25, 0.3) is 0 Å². The highest BCUT2D eigenvalue weighted by molar-refractivity contribution is 5.83. The molecule has 176 valence electrons. The number of hydrazone groups is 1. The van der Waals surface area contributed by atoms with Gasteiger partial charge in [-0.2, -0.15) is 20.1 Å². The number of nitrogens with zero attached hydrogens (tertiary/aromatic N) is 6. The first-order chi connectivity index (χ1) is 16.7. The molecule has 0 unspecified atom stereocenters. The Labute approximate surface area is 198 Å². The Morgan fingerprint density at radius 3 is 2.12 bits per heavy atom. The molecule has 0 aliphatic carbocycles. The van der Waals surface area contributed by atoms with Gasteiger partial charge in [0.2, 0.25) is 17.8 Å². The van der Waals surface area contributed by atoms with E-state index in [2.05, 4.69) is 30.3 Å². The van der Waals surface area contributed by atoms with E-state index in [0.717, 1.165) is 63.0 Å². The van der Waals surface area contributed by atoms with Crippen LogP contribution in [0.4, 0.5) is 22.2 Å². The molecule has 2 fully saturated rings. The summed E-state index contributed by atoms with van der Waals surface area (Å²) >= 11 is 0. The molecule has 3 aromatic rings. The van der Waals surface area contributed by atoms with E-state index < -0.39 is 0 Å². The van der Waals surface area contributed by atoms with E-state index in [0.29, 0.717) is 30.2 Å². The number of halogens is 1. The largest absolute Gasteiger partial charge is 0.488 e. The van der Waals surface area contributed by atoms with Gasteiger partial charge in [0.05, 0.1) is 6.21 Å². The molecule has 1 aromatic heterocycles. The predicted molar refractivity (Wildman–Crippen MR) is 131 cm³/mol. The topological polar surface area (TPSA) is 78.8 Å². The molecule has 0 amide bonds. The summed E-state index contributed by atoms with van der Waals surface area (Å²) in [5, 5.41) is 4.38. The van der Waals surface area contributed by atoms with Crippen LogP contribution >= 0.6 is 0 Å². The Balaban J connectivity index is 1.30. The van der Waals surface area contributed by atoms with Crippen LogP contribution in [0.15, 0.2) is 53.6 Å². The summed E-state index contributed by atoms with van der Waals surface area (Å²) in [5.41, 5.74) is 4.68. The molecule has 0 spiro atoms. The van der Waals surface area contributed by atoms with Gasteiger partial charge in [-0.15, -0.1) is 0 Å². The number of aromatic nitrogens is 3. The zero-order valence-corrected chi connectivity index (χ0v) is 19.0. The lowest BCUT2D eigenvalue weighted by molar-refractivity contribution is 0.305. The van der Waals surface area contributed by atoms with Crippen LogP contribution in [-0.4, -0.2) is 47.3 Å². The van der Waals surface area contributed by atoms with Gasteiger partial charge in [0.15, 0.2) is 0 Å². The molecule has 5 rings (SSSR count). The third-order valence-corrected chi connectivity index (χ3v) is 5.98. The Bertz CT molecular complexity index is 1090. The molecule has 2 aliphatic rings. The molecule has 1 N–H and O–H groups in total. The molecule has 3 heterocycles. The highest BCUT2D eigenvalue weighted by atomic mass is 19.1. The molecule has 2 saturated heterocycles. The summed E-state index contributed by atoms with van der Waals surface area (Å²) in [7, 11) is 0. The number of rotatable bonds is 8.